The van der Waals surface area contributed by atoms with Crippen LogP contribution in [0, 0.1) is 0 Å². The Labute approximate surface area is 113 Å². The van der Waals surface area contributed by atoms with Crippen LogP contribution >= 0.6 is 89.4 Å². The van der Waals surface area contributed by atoms with Gasteiger partial charge in [-0.2, -0.15) is 0 Å². The molecule has 0 amide bonds. The van der Waals surface area contributed by atoms with Crippen LogP contribution in [0.3, 0.4) is 0 Å². The van der Waals surface area contributed by atoms with Crippen molar-refractivity contribution in [3.63, 3.8) is 0 Å². The van der Waals surface area contributed by atoms with E-state index in [4.69, 9.17) is 63.1 Å². The van der Waals surface area contributed by atoms with Gasteiger partial charge in [0.15, 0.2) is 0 Å². The fraction of sp³-hybridized carbons (Fsp3) is 1.00. The molecule has 9 heteroatoms. The minimum Gasteiger partial charge on any atom is -0.395 e. The van der Waals surface area contributed by atoms with E-state index in [9.17, 15) is 0 Å². The average molecular weight is 343 g/mol. The minimum absolute atomic E-state index is 0.0869. The Balaban J connectivity index is 3.77. The first kappa shape index (κ1) is 15.5. The lowest BCUT2D eigenvalue weighted by molar-refractivity contribution is 0.323. The van der Waals surface area contributed by atoms with Gasteiger partial charge in [-0.05, 0) is 20.6 Å². The van der Waals surface area contributed by atoms with E-state index >= 15 is 0 Å². The Hall–Kier alpha value is 2.46. The first-order valence-corrected chi connectivity index (χ1v) is 8.38. The lowest BCUT2D eigenvalue weighted by atomic mass is 10.9. The summed E-state index contributed by atoms with van der Waals surface area (Å²) in [6.07, 6.45) is 0. The summed E-state index contributed by atoms with van der Waals surface area (Å²) in [4.78, 5) is 0. The van der Waals surface area contributed by atoms with Gasteiger partial charge in [0, 0.05) is 5.75 Å². The molecule has 13 heavy (non-hydrogen) atoms. The van der Waals surface area contributed by atoms with E-state index in [2.05, 4.69) is 0 Å². The van der Waals surface area contributed by atoms with Crippen molar-refractivity contribution in [2.75, 3.05) is 12.4 Å². The second-order valence-corrected chi connectivity index (χ2v) is 10.2. The topological polar surface area (TPSA) is 20.2 Å². The van der Waals surface area contributed by atoms with Crippen LogP contribution in [0.2, 0.25) is 0 Å². The van der Waals surface area contributed by atoms with Crippen LogP contribution in [0.5, 0.6) is 0 Å². The van der Waals surface area contributed by atoms with Crippen LogP contribution in [0.25, 0.3) is 0 Å². The largest absolute Gasteiger partial charge is 0.395 e. The molecule has 0 saturated heterocycles. The molecule has 0 bridgehead atoms. The van der Waals surface area contributed by atoms with Crippen molar-refractivity contribution in [1.29, 1.82) is 0 Å². The quantitative estimate of drug-likeness (QED) is 0.450. The molecule has 1 N–H and O–H groups in total. The van der Waals surface area contributed by atoms with E-state index in [1.807, 2.05) is 0 Å². The van der Waals surface area contributed by atoms with Crippen LogP contribution in [-0.4, -0.2) is 24.9 Å². The van der Waals surface area contributed by atoms with Gasteiger partial charge in [-0.25, -0.2) is 0 Å². The minimum atomic E-state index is -1.74. The SMILES string of the molecule is OCCSSSC(Cl)(Cl)C(Cl)(Cl)Cl. The molecule has 0 aliphatic rings. The van der Waals surface area contributed by atoms with Crippen LogP contribution in [0.15, 0.2) is 0 Å². The molecule has 0 aromatic rings. The zero-order valence-corrected chi connectivity index (χ0v) is 12.2. The molecule has 0 radical (unpaired) electrons. The van der Waals surface area contributed by atoms with Crippen molar-refractivity contribution < 1.29 is 5.11 Å². The first-order valence-electron chi connectivity index (χ1n) is 2.84. The molecule has 0 aromatic heterocycles. The third-order valence-corrected chi connectivity index (χ3v) is 8.29. The van der Waals surface area contributed by atoms with E-state index in [0.29, 0.717) is 5.75 Å². The predicted molar refractivity (Wildman–Crippen MR) is 69.5 cm³/mol. The highest BCUT2D eigenvalue weighted by molar-refractivity contribution is 9.09. The van der Waals surface area contributed by atoms with E-state index in [-0.39, 0.29) is 6.61 Å². The van der Waals surface area contributed by atoms with Crippen LogP contribution in [-0.2, 0) is 0 Å². The fourth-order valence-corrected chi connectivity index (χ4v) is 5.72. The van der Waals surface area contributed by atoms with Gasteiger partial charge >= 0.3 is 0 Å². The van der Waals surface area contributed by atoms with Gasteiger partial charge in [0.1, 0.15) is 0 Å². The summed E-state index contributed by atoms with van der Waals surface area (Å²) in [5.74, 6) is 0.571. The molecule has 0 unspecified atom stereocenters. The Morgan fingerprint density at radius 2 is 1.62 bits per heavy atom. The van der Waals surface area contributed by atoms with E-state index in [1.54, 1.807) is 0 Å². The van der Waals surface area contributed by atoms with E-state index < -0.39 is 7.46 Å². The van der Waals surface area contributed by atoms with Gasteiger partial charge in [-0.3, -0.25) is 0 Å². The second kappa shape index (κ2) is 6.92. The fourth-order valence-electron chi connectivity index (χ4n) is 0.185. The molecule has 0 spiro atoms. The number of halogens is 5. The number of rotatable bonds is 5. The van der Waals surface area contributed by atoms with Gasteiger partial charge in [0.05, 0.1) is 6.61 Å². The summed E-state index contributed by atoms with van der Waals surface area (Å²) in [5.41, 5.74) is 0. The van der Waals surface area contributed by atoms with Gasteiger partial charge in [-0.1, -0.05) is 68.8 Å². The van der Waals surface area contributed by atoms with Gasteiger partial charge in [0.25, 0.3) is 0 Å². The van der Waals surface area contributed by atoms with Crippen molar-refractivity contribution in [3.05, 3.63) is 0 Å². The Bertz CT molecular complexity index is 149. The monoisotopic (exact) mass is 340 g/mol. The maximum Gasteiger partial charge on any atom is 0.233 e. The van der Waals surface area contributed by atoms with Crippen molar-refractivity contribution >= 4 is 89.4 Å². The van der Waals surface area contributed by atoms with Gasteiger partial charge < -0.3 is 5.11 Å². The summed E-state index contributed by atoms with van der Waals surface area (Å²) in [6, 6.07) is 0. The molecule has 0 rings (SSSR count). The molecule has 0 atom stereocenters. The summed E-state index contributed by atoms with van der Waals surface area (Å²) < 4.78 is -3.24. The normalized spacial score (nSPS) is 13.4. The van der Waals surface area contributed by atoms with Gasteiger partial charge in [0.2, 0.25) is 7.46 Å². The van der Waals surface area contributed by atoms with Crippen molar-refractivity contribution in [1.82, 2.24) is 0 Å². The third-order valence-electron chi connectivity index (χ3n) is 0.691. The van der Waals surface area contributed by atoms with E-state index in [0.717, 1.165) is 10.8 Å². The van der Waals surface area contributed by atoms with Crippen LogP contribution in [0.1, 0.15) is 0 Å². The average Bonchev–Trinajstić information content (AvgIpc) is 1.96. The van der Waals surface area contributed by atoms with Crippen molar-refractivity contribution in [3.8, 4) is 0 Å². The Morgan fingerprint density at radius 1 is 1.08 bits per heavy atom. The molecule has 0 heterocycles. The maximum absolute atomic E-state index is 8.47. The molecular formula is C4H5Cl5OS3. The lowest BCUT2D eigenvalue weighted by Gasteiger charge is -2.25. The van der Waals surface area contributed by atoms with Crippen LogP contribution in [0.4, 0.5) is 0 Å². The number of alkyl halides is 5. The van der Waals surface area contributed by atoms with Crippen molar-refractivity contribution in [2.24, 2.45) is 0 Å². The Kier molecular flexibility index (Phi) is 8.23. The highest BCUT2D eigenvalue weighted by Gasteiger charge is 2.47. The number of hydrogen-bond acceptors (Lipinski definition) is 4. The maximum atomic E-state index is 8.47. The molecular weight excluding hydrogens is 338 g/mol. The molecule has 0 fully saturated rings. The molecule has 80 valence electrons. The van der Waals surface area contributed by atoms with E-state index in [1.165, 1.54) is 20.6 Å². The van der Waals surface area contributed by atoms with Crippen LogP contribution < -0.4 is 0 Å². The zero-order chi connectivity index (χ0) is 10.5. The predicted octanol–water partition coefficient (Wildman–Crippen LogP) is 4.51. The first-order chi connectivity index (χ1) is 5.81. The van der Waals surface area contributed by atoms with Gasteiger partial charge in [-0.15, -0.1) is 0 Å². The summed E-state index contributed by atoms with van der Waals surface area (Å²) >= 11 is 28.0. The molecule has 0 aliphatic heterocycles. The molecule has 0 aliphatic carbocycles. The molecule has 1 nitrogen and oxygen atoms in total. The number of hydrogen-bond donors (Lipinski definition) is 1. The summed E-state index contributed by atoms with van der Waals surface area (Å²) in [6.45, 7) is 0.0869. The third kappa shape index (κ3) is 6.59. The lowest BCUT2D eigenvalue weighted by Crippen LogP contribution is -2.25. The smallest absolute Gasteiger partial charge is 0.233 e. The Morgan fingerprint density at radius 3 is 2.00 bits per heavy atom. The second-order valence-electron chi connectivity index (χ2n) is 1.71. The summed E-state index contributed by atoms with van der Waals surface area (Å²) in [5, 5.41) is 8.47. The molecule has 0 saturated carbocycles. The number of aliphatic hydroxyl groups excluding tert-OH is 1. The highest BCUT2D eigenvalue weighted by Crippen LogP contribution is 2.58. The molecule has 0 aromatic carbocycles. The van der Waals surface area contributed by atoms with Crippen molar-refractivity contribution in [2.45, 2.75) is 7.46 Å². The standard InChI is InChI=1S/C4H5Cl5OS3/c5-3(6,7)4(8,9)12-13-11-2-1-10/h10H,1-2H2. The summed E-state index contributed by atoms with van der Waals surface area (Å²) in [7, 11) is 3.68. The highest BCUT2D eigenvalue weighted by atomic mass is 35.6. The zero-order valence-electron chi connectivity index (χ0n) is 5.98. The number of aliphatic hydroxyl groups is 1.